The van der Waals surface area contributed by atoms with Gasteiger partial charge in [-0.3, -0.25) is 0 Å². The number of rotatable bonds is 5. The van der Waals surface area contributed by atoms with Crippen LogP contribution in [0.25, 0.3) is 0 Å². The summed E-state index contributed by atoms with van der Waals surface area (Å²) in [6.07, 6.45) is 0. The van der Waals surface area contributed by atoms with E-state index in [-0.39, 0.29) is 0 Å². The van der Waals surface area contributed by atoms with Gasteiger partial charge in [-0.05, 0) is 5.25 Å². The molecule has 1 fully saturated rings. The Morgan fingerprint density at radius 2 is 2.27 bits per heavy atom. The van der Waals surface area contributed by atoms with Gasteiger partial charge in [-0.25, -0.2) is 0 Å². The second-order valence-electron chi connectivity index (χ2n) is 3.23. The van der Waals surface area contributed by atoms with E-state index in [2.05, 4.69) is 24.5 Å². The second-order valence-corrected chi connectivity index (χ2v) is 4.91. The molecule has 0 aliphatic carbocycles. The molecule has 0 aromatic carbocycles. The molecule has 0 radical (unpaired) electrons. The molecule has 0 atom stereocenters. The average Bonchev–Trinajstić information content (AvgIpc) is 1.82. The molecule has 0 aromatic heterocycles. The summed E-state index contributed by atoms with van der Waals surface area (Å²) >= 11 is 2.02. The van der Waals surface area contributed by atoms with Crippen LogP contribution in [0, 0.1) is 0 Å². The van der Waals surface area contributed by atoms with Gasteiger partial charge in [-0.2, -0.15) is 11.8 Å². The molecule has 0 saturated carbocycles. The van der Waals surface area contributed by atoms with Gasteiger partial charge in [0.1, 0.15) is 0 Å². The highest BCUT2D eigenvalue weighted by Crippen LogP contribution is 2.07. The summed E-state index contributed by atoms with van der Waals surface area (Å²) in [4.78, 5) is 0. The van der Waals surface area contributed by atoms with E-state index in [4.69, 9.17) is 0 Å². The van der Waals surface area contributed by atoms with Crippen LogP contribution in [0.3, 0.4) is 0 Å². The standard InChI is InChI=1S/C8H18N2S/c1-7(2)11-4-3-10-8-5-9-6-8/h7-10H,3-6H2,1-2H3. The fourth-order valence-electron chi connectivity index (χ4n) is 0.991. The van der Waals surface area contributed by atoms with E-state index >= 15 is 0 Å². The van der Waals surface area contributed by atoms with Crippen LogP contribution in [0.2, 0.25) is 0 Å². The number of thioether (sulfide) groups is 1. The van der Waals surface area contributed by atoms with Crippen molar-refractivity contribution in [2.45, 2.75) is 25.1 Å². The van der Waals surface area contributed by atoms with Gasteiger partial charge in [0.05, 0.1) is 0 Å². The van der Waals surface area contributed by atoms with Gasteiger partial charge in [0, 0.05) is 31.4 Å². The van der Waals surface area contributed by atoms with Gasteiger partial charge < -0.3 is 10.6 Å². The highest BCUT2D eigenvalue weighted by Gasteiger charge is 2.14. The van der Waals surface area contributed by atoms with Gasteiger partial charge in [-0.15, -0.1) is 0 Å². The monoisotopic (exact) mass is 174 g/mol. The maximum Gasteiger partial charge on any atom is 0.0317 e. The summed E-state index contributed by atoms with van der Waals surface area (Å²) in [5.41, 5.74) is 0. The van der Waals surface area contributed by atoms with E-state index in [9.17, 15) is 0 Å². The average molecular weight is 174 g/mol. The van der Waals surface area contributed by atoms with Crippen molar-refractivity contribution in [2.75, 3.05) is 25.4 Å². The van der Waals surface area contributed by atoms with Crippen molar-refractivity contribution in [1.82, 2.24) is 10.6 Å². The zero-order chi connectivity index (χ0) is 8.10. The molecule has 11 heavy (non-hydrogen) atoms. The smallest absolute Gasteiger partial charge is 0.0317 e. The van der Waals surface area contributed by atoms with E-state index in [0.29, 0.717) is 0 Å². The first-order valence-electron chi connectivity index (χ1n) is 4.34. The van der Waals surface area contributed by atoms with Crippen molar-refractivity contribution in [3.05, 3.63) is 0 Å². The Bertz CT molecular complexity index is 102. The van der Waals surface area contributed by atoms with Crippen molar-refractivity contribution >= 4 is 11.8 Å². The van der Waals surface area contributed by atoms with Crippen LogP contribution in [-0.2, 0) is 0 Å². The first kappa shape index (κ1) is 9.36. The molecule has 1 rings (SSSR count). The van der Waals surface area contributed by atoms with E-state index in [1.807, 2.05) is 11.8 Å². The minimum absolute atomic E-state index is 0.753. The van der Waals surface area contributed by atoms with Crippen LogP contribution in [0.15, 0.2) is 0 Å². The third-order valence-electron chi connectivity index (χ3n) is 1.77. The molecule has 0 spiro atoms. The second kappa shape index (κ2) is 5.01. The summed E-state index contributed by atoms with van der Waals surface area (Å²) in [5, 5.41) is 7.51. The Hall–Kier alpha value is 0.270. The minimum atomic E-state index is 0.753. The summed E-state index contributed by atoms with van der Waals surface area (Å²) in [5.74, 6) is 1.24. The van der Waals surface area contributed by atoms with Crippen LogP contribution in [0.5, 0.6) is 0 Å². The molecule has 1 aliphatic rings. The van der Waals surface area contributed by atoms with Crippen LogP contribution < -0.4 is 10.6 Å². The quantitative estimate of drug-likeness (QED) is 0.600. The maximum atomic E-state index is 3.49. The summed E-state index contributed by atoms with van der Waals surface area (Å²) in [7, 11) is 0. The van der Waals surface area contributed by atoms with Crippen molar-refractivity contribution in [3.63, 3.8) is 0 Å². The number of hydrogen-bond acceptors (Lipinski definition) is 3. The molecule has 0 bridgehead atoms. The number of hydrogen-bond donors (Lipinski definition) is 2. The lowest BCUT2D eigenvalue weighted by Gasteiger charge is -2.28. The van der Waals surface area contributed by atoms with E-state index in [1.54, 1.807) is 0 Å². The van der Waals surface area contributed by atoms with Crippen LogP contribution in [-0.4, -0.2) is 36.7 Å². The molecule has 2 nitrogen and oxygen atoms in total. The lowest BCUT2D eigenvalue weighted by Crippen LogP contribution is -2.55. The Balaban J connectivity index is 1.80. The predicted octanol–water partition coefficient (Wildman–Crippen LogP) is 0.689. The minimum Gasteiger partial charge on any atom is -0.314 e. The Labute approximate surface area is 73.5 Å². The third kappa shape index (κ3) is 3.99. The lowest BCUT2D eigenvalue weighted by atomic mass is 10.2. The summed E-state index contributed by atoms with van der Waals surface area (Å²) in [6.45, 7) is 7.97. The topological polar surface area (TPSA) is 24.1 Å². The third-order valence-corrected chi connectivity index (χ3v) is 2.87. The molecule has 2 N–H and O–H groups in total. The largest absolute Gasteiger partial charge is 0.314 e. The molecule has 1 saturated heterocycles. The SMILES string of the molecule is CC(C)SCCNC1CNC1. The fraction of sp³-hybridized carbons (Fsp3) is 1.00. The first-order valence-corrected chi connectivity index (χ1v) is 5.39. The molecule has 0 aromatic rings. The zero-order valence-corrected chi connectivity index (χ0v) is 8.21. The van der Waals surface area contributed by atoms with E-state index in [1.165, 1.54) is 5.75 Å². The molecule has 3 heteroatoms. The van der Waals surface area contributed by atoms with E-state index < -0.39 is 0 Å². The molecule has 0 unspecified atom stereocenters. The predicted molar refractivity (Wildman–Crippen MR) is 52.3 cm³/mol. The summed E-state index contributed by atoms with van der Waals surface area (Å²) < 4.78 is 0. The van der Waals surface area contributed by atoms with Crippen molar-refractivity contribution in [2.24, 2.45) is 0 Å². The van der Waals surface area contributed by atoms with Gasteiger partial charge >= 0.3 is 0 Å². The maximum absolute atomic E-state index is 3.49. The highest BCUT2D eigenvalue weighted by molar-refractivity contribution is 7.99. The molecule has 1 heterocycles. The molecule has 66 valence electrons. The fourth-order valence-corrected chi connectivity index (χ4v) is 1.70. The van der Waals surface area contributed by atoms with Crippen molar-refractivity contribution in [3.8, 4) is 0 Å². The normalized spacial score (nSPS) is 18.8. The summed E-state index contributed by atoms with van der Waals surface area (Å²) in [6, 6.07) is 0.753. The van der Waals surface area contributed by atoms with Gasteiger partial charge in [0.15, 0.2) is 0 Å². The molecular weight excluding hydrogens is 156 g/mol. The highest BCUT2D eigenvalue weighted by atomic mass is 32.2. The van der Waals surface area contributed by atoms with Gasteiger partial charge in [0.2, 0.25) is 0 Å². The zero-order valence-electron chi connectivity index (χ0n) is 7.39. The van der Waals surface area contributed by atoms with Crippen LogP contribution >= 0.6 is 11.8 Å². The first-order chi connectivity index (χ1) is 5.29. The Kier molecular flexibility index (Phi) is 4.26. The Morgan fingerprint density at radius 3 is 2.73 bits per heavy atom. The van der Waals surface area contributed by atoms with Crippen molar-refractivity contribution in [1.29, 1.82) is 0 Å². The van der Waals surface area contributed by atoms with Gasteiger partial charge in [-0.1, -0.05) is 13.8 Å². The molecule has 0 amide bonds. The van der Waals surface area contributed by atoms with Gasteiger partial charge in [0.25, 0.3) is 0 Å². The molecule has 1 aliphatic heterocycles. The van der Waals surface area contributed by atoms with Crippen LogP contribution in [0.1, 0.15) is 13.8 Å². The number of nitrogens with one attached hydrogen (secondary N) is 2. The Morgan fingerprint density at radius 1 is 1.55 bits per heavy atom. The van der Waals surface area contributed by atoms with Crippen molar-refractivity contribution < 1.29 is 0 Å². The van der Waals surface area contributed by atoms with Crippen LogP contribution in [0.4, 0.5) is 0 Å². The lowest BCUT2D eigenvalue weighted by molar-refractivity contribution is 0.375. The molecular formula is C8H18N2S. The van der Waals surface area contributed by atoms with E-state index in [0.717, 1.165) is 30.9 Å².